The van der Waals surface area contributed by atoms with Gasteiger partial charge in [-0.25, -0.2) is 0 Å². The molecule has 1 atom stereocenters. The number of hydrogen-bond donors (Lipinski definition) is 2. The van der Waals surface area contributed by atoms with Gasteiger partial charge in [0.15, 0.2) is 0 Å². The van der Waals surface area contributed by atoms with E-state index in [1.54, 1.807) is 30.3 Å². The number of nitrogens with one attached hydrogen (secondary N) is 1. The van der Waals surface area contributed by atoms with E-state index in [0.717, 1.165) is 6.42 Å². The first-order valence-corrected chi connectivity index (χ1v) is 7.41. The molecule has 0 aliphatic heterocycles. The van der Waals surface area contributed by atoms with Gasteiger partial charge < -0.3 is 19.6 Å². The molecule has 2 N–H and O–H groups in total. The number of benzene rings is 1. The molecule has 118 valence electrons. The zero-order chi connectivity index (χ0) is 15.9. The SMILES string of the molecule is CCCOc1ccc(Cl)cc1C(=O)NC(CO)c1ccco1. The van der Waals surface area contributed by atoms with E-state index >= 15 is 0 Å². The number of furan rings is 1. The average Bonchev–Trinajstić information content (AvgIpc) is 3.05. The van der Waals surface area contributed by atoms with Crippen molar-refractivity contribution in [3.63, 3.8) is 0 Å². The Morgan fingerprint density at radius 2 is 2.27 bits per heavy atom. The van der Waals surface area contributed by atoms with Crippen LogP contribution in [0.4, 0.5) is 0 Å². The molecule has 0 fully saturated rings. The van der Waals surface area contributed by atoms with Crippen molar-refractivity contribution in [2.75, 3.05) is 13.2 Å². The molecule has 0 aliphatic carbocycles. The van der Waals surface area contributed by atoms with Crippen molar-refractivity contribution in [2.24, 2.45) is 0 Å². The van der Waals surface area contributed by atoms with E-state index in [2.05, 4.69) is 5.32 Å². The minimum Gasteiger partial charge on any atom is -0.493 e. The Morgan fingerprint density at radius 3 is 2.91 bits per heavy atom. The number of amides is 1. The van der Waals surface area contributed by atoms with Crippen LogP contribution in [0.3, 0.4) is 0 Å². The second-order valence-corrected chi connectivity index (χ2v) is 5.15. The maximum absolute atomic E-state index is 12.4. The van der Waals surface area contributed by atoms with Crippen molar-refractivity contribution in [3.8, 4) is 5.75 Å². The Labute approximate surface area is 133 Å². The van der Waals surface area contributed by atoms with Gasteiger partial charge in [-0.15, -0.1) is 0 Å². The molecule has 0 bridgehead atoms. The third-order valence-corrected chi connectivity index (χ3v) is 3.26. The van der Waals surface area contributed by atoms with Gasteiger partial charge in [0.2, 0.25) is 0 Å². The topological polar surface area (TPSA) is 71.7 Å². The molecule has 0 radical (unpaired) electrons. The molecule has 1 heterocycles. The molecule has 0 saturated carbocycles. The van der Waals surface area contributed by atoms with Crippen LogP contribution < -0.4 is 10.1 Å². The summed E-state index contributed by atoms with van der Waals surface area (Å²) < 4.78 is 10.8. The van der Waals surface area contributed by atoms with Gasteiger partial charge >= 0.3 is 0 Å². The van der Waals surface area contributed by atoms with Crippen molar-refractivity contribution in [2.45, 2.75) is 19.4 Å². The Morgan fingerprint density at radius 1 is 1.45 bits per heavy atom. The van der Waals surface area contributed by atoms with Gasteiger partial charge in [0.25, 0.3) is 5.91 Å². The number of ether oxygens (including phenoxy) is 1. The van der Waals surface area contributed by atoms with E-state index in [0.29, 0.717) is 28.7 Å². The van der Waals surface area contributed by atoms with Crippen molar-refractivity contribution < 1.29 is 19.1 Å². The molecular formula is C16H18ClNO4. The van der Waals surface area contributed by atoms with Crippen LogP contribution in [-0.4, -0.2) is 24.2 Å². The highest BCUT2D eigenvalue weighted by Gasteiger charge is 2.20. The zero-order valence-electron chi connectivity index (χ0n) is 12.2. The third-order valence-electron chi connectivity index (χ3n) is 3.02. The molecule has 1 aromatic carbocycles. The van der Waals surface area contributed by atoms with Crippen LogP contribution >= 0.6 is 11.6 Å². The molecule has 2 aromatic rings. The van der Waals surface area contributed by atoms with Crippen molar-refractivity contribution in [3.05, 3.63) is 52.9 Å². The summed E-state index contributed by atoms with van der Waals surface area (Å²) in [4.78, 5) is 12.4. The van der Waals surface area contributed by atoms with E-state index in [9.17, 15) is 9.90 Å². The summed E-state index contributed by atoms with van der Waals surface area (Å²) in [7, 11) is 0. The number of carbonyl (C=O) groups is 1. The van der Waals surface area contributed by atoms with Gasteiger partial charge in [-0.1, -0.05) is 18.5 Å². The lowest BCUT2D eigenvalue weighted by atomic mass is 10.1. The first kappa shape index (κ1) is 16.4. The summed E-state index contributed by atoms with van der Waals surface area (Å²) in [5.41, 5.74) is 0.325. The number of hydrogen-bond acceptors (Lipinski definition) is 4. The number of halogens is 1. The lowest BCUT2D eigenvalue weighted by molar-refractivity contribution is 0.0903. The highest BCUT2D eigenvalue weighted by molar-refractivity contribution is 6.31. The highest BCUT2D eigenvalue weighted by Crippen LogP contribution is 2.24. The standard InChI is InChI=1S/C16H18ClNO4/c1-2-7-21-14-6-5-11(17)9-12(14)16(20)18-13(10-19)15-4-3-8-22-15/h3-6,8-9,13,19H,2,7,10H2,1H3,(H,18,20). The van der Waals surface area contributed by atoms with Gasteiger partial charge in [-0.3, -0.25) is 4.79 Å². The first-order valence-electron chi connectivity index (χ1n) is 7.03. The predicted molar refractivity (Wildman–Crippen MR) is 83.2 cm³/mol. The molecule has 2 rings (SSSR count). The number of aliphatic hydroxyl groups excluding tert-OH is 1. The van der Waals surface area contributed by atoms with Gasteiger partial charge in [0, 0.05) is 5.02 Å². The molecule has 22 heavy (non-hydrogen) atoms. The maximum Gasteiger partial charge on any atom is 0.255 e. The van der Waals surface area contributed by atoms with Crippen LogP contribution in [0.1, 0.15) is 35.5 Å². The minimum absolute atomic E-state index is 0.273. The molecule has 0 aliphatic rings. The fraction of sp³-hybridized carbons (Fsp3) is 0.312. The average molecular weight is 324 g/mol. The minimum atomic E-state index is -0.625. The van der Waals surface area contributed by atoms with Crippen LogP contribution in [0.25, 0.3) is 0 Å². The molecule has 1 amide bonds. The fourth-order valence-electron chi connectivity index (χ4n) is 1.95. The van der Waals surface area contributed by atoms with Gasteiger partial charge in [-0.2, -0.15) is 0 Å². The monoisotopic (exact) mass is 323 g/mol. The molecule has 6 heteroatoms. The van der Waals surface area contributed by atoms with Crippen LogP contribution in [0, 0.1) is 0 Å². The normalized spacial score (nSPS) is 12.0. The molecule has 1 aromatic heterocycles. The molecule has 1 unspecified atom stereocenters. The van der Waals surface area contributed by atoms with Crippen LogP contribution in [-0.2, 0) is 0 Å². The summed E-state index contributed by atoms with van der Waals surface area (Å²) in [6.45, 7) is 2.21. The van der Waals surface area contributed by atoms with E-state index in [4.69, 9.17) is 20.8 Å². The first-order chi connectivity index (χ1) is 10.7. The van der Waals surface area contributed by atoms with E-state index in [1.165, 1.54) is 6.26 Å². The second-order valence-electron chi connectivity index (χ2n) is 4.71. The predicted octanol–water partition coefficient (Wildman–Crippen LogP) is 3.19. The summed E-state index contributed by atoms with van der Waals surface area (Å²) in [5, 5.41) is 12.6. The molecule has 5 nitrogen and oxygen atoms in total. The van der Waals surface area contributed by atoms with E-state index in [-0.39, 0.29) is 12.5 Å². The summed E-state index contributed by atoms with van der Waals surface area (Å²) in [6.07, 6.45) is 2.31. The molecule has 0 spiro atoms. The third kappa shape index (κ3) is 4.02. The Hall–Kier alpha value is -1.98. The quantitative estimate of drug-likeness (QED) is 0.821. The lowest BCUT2D eigenvalue weighted by Gasteiger charge is -2.16. The highest BCUT2D eigenvalue weighted by atomic mass is 35.5. The summed E-state index contributed by atoms with van der Waals surface area (Å²) in [6, 6.07) is 7.62. The smallest absolute Gasteiger partial charge is 0.255 e. The number of aliphatic hydroxyl groups is 1. The van der Waals surface area contributed by atoms with Crippen LogP contribution in [0.5, 0.6) is 5.75 Å². The van der Waals surface area contributed by atoms with Crippen molar-refractivity contribution >= 4 is 17.5 Å². The Kier molecular flexibility index (Phi) is 5.86. The largest absolute Gasteiger partial charge is 0.493 e. The lowest BCUT2D eigenvalue weighted by Crippen LogP contribution is -2.30. The molecule has 0 saturated heterocycles. The van der Waals surface area contributed by atoms with Crippen LogP contribution in [0.2, 0.25) is 5.02 Å². The van der Waals surface area contributed by atoms with E-state index in [1.807, 2.05) is 6.92 Å². The molecular weight excluding hydrogens is 306 g/mol. The summed E-state index contributed by atoms with van der Waals surface area (Å²) >= 11 is 5.96. The van der Waals surface area contributed by atoms with Gasteiger partial charge in [-0.05, 0) is 36.8 Å². The summed E-state index contributed by atoms with van der Waals surface area (Å²) in [5.74, 6) is 0.554. The van der Waals surface area contributed by atoms with Crippen LogP contribution in [0.15, 0.2) is 41.0 Å². The number of rotatable bonds is 7. The number of carbonyl (C=O) groups excluding carboxylic acids is 1. The van der Waals surface area contributed by atoms with Crippen molar-refractivity contribution in [1.29, 1.82) is 0 Å². The Bertz CT molecular complexity index is 613. The van der Waals surface area contributed by atoms with Crippen molar-refractivity contribution in [1.82, 2.24) is 5.32 Å². The Balaban J connectivity index is 2.19. The second kappa shape index (κ2) is 7.87. The van der Waals surface area contributed by atoms with Gasteiger partial charge in [0.1, 0.15) is 17.6 Å². The van der Waals surface area contributed by atoms with E-state index < -0.39 is 6.04 Å². The van der Waals surface area contributed by atoms with Gasteiger partial charge in [0.05, 0.1) is 25.0 Å². The fourth-order valence-corrected chi connectivity index (χ4v) is 2.12. The zero-order valence-corrected chi connectivity index (χ0v) is 13.0. The maximum atomic E-state index is 12.4.